The van der Waals surface area contributed by atoms with E-state index in [1.165, 1.54) is 0 Å². The summed E-state index contributed by atoms with van der Waals surface area (Å²) in [6.45, 7) is 0. The van der Waals surface area contributed by atoms with E-state index in [1.807, 2.05) is 85.0 Å². The normalized spacial score (nSPS) is 12.2. The second-order valence-corrected chi connectivity index (χ2v) is 7.84. The molecule has 33 heavy (non-hydrogen) atoms. The van der Waals surface area contributed by atoms with Gasteiger partial charge < -0.3 is 9.97 Å². The Morgan fingerprint density at radius 2 is 1.27 bits per heavy atom. The number of nitrogens with one attached hydrogen (secondary N) is 2. The molecule has 0 saturated heterocycles. The number of hydrogen-bond donors (Lipinski definition) is 2. The van der Waals surface area contributed by atoms with Gasteiger partial charge in [0.25, 0.3) is 0 Å². The molecule has 4 aromatic rings. The molecule has 8 bridgehead atoms. The van der Waals surface area contributed by atoms with Gasteiger partial charge in [0.2, 0.25) is 0 Å². The molecule has 0 spiro atoms. The first-order chi connectivity index (χ1) is 16.1. The lowest BCUT2D eigenvalue weighted by atomic mass is 10.1. The maximum absolute atomic E-state index is 12.2. The van der Waals surface area contributed by atoms with Crippen LogP contribution >= 0.6 is 0 Å². The zero-order chi connectivity index (χ0) is 22.4. The lowest BCUT2D eigenvalue weighted by Gasteiger charge is -1.99. The molecule has 7 nitrogen and oxygen atoms in total. The molecule has 2 aliphatic rings. The van der Waals surface area contributed by atoms with Crippen molar-refractivity contribution in [3.05, 3.63) is 99.6 Å². The van der Waals surface area contributed by atoms with E-state index in [0.29, 0.717) is 22.3 Å². The number of nitrogens with zero attached hydrogens (tertiary/aromatic N) is 3. The first-order valence-electron chi connectivity index (χ1n) is 10.4. The number of fused-ring (bicyclic) bond motifs is 8. The van der Waals surface area contributed by atoms with Crippen LogP contribution in [0.1, 0.15) is 22.8 Å². The van der Waals surface area contributed by atoms with Crippen LogP contribution in [0.15, 0.2) is 66.7 Å². The maximum atomic E-state index is 12.2. The average Bonchev–Trinajstić information content (AvgIpc) is 3.58. The highest BCUT2D eigenvalue weighted by atomic mass is 16.6. The molecule has 1 aromatic carbocycles. The molecule has 0 aliphatic carbocycles. The predicted octanol–water partition coefficient (Wildman–Crippen LogP) is 6.23. The fourth-order valence-electron chi connectivity index (χ4n) is 4.15. The number of aromatic amines is 2. The van der Waals surface area contributed by atoms with Crippen LogP contribution in [0.5, 0.6) is 0 Å². The summed E-state index contributed by atoms with van der Waals surface area (Å²) in [5.41, 5.74) is 7.08. The number of rotatable bonds is 2. The van der Waals surface area contributed by atoms with Gasteiger partial charge >= 0.3 is 5.69 Å². The van der Waals surface area contributed by atoms with Crippen molar-refractivity contribution < 1.29 is 4.92 Å². The molecule has 2 aliphatic heterocycles. The van der Waals surface area contributed by atoms with Crippen molar-refractivity contribution in [1.29, 1.82) is 0 Å². The third-order valence-corrected chi connectivity index (χ3v) is 5.56. The van der Waals surface area contributed by atoms with E-state index in [1.54, 1.807) is 6.07 Å². The molecule has 0 radical (unpaired) electrons. The molecule has 7 heteroatoms. The summed E-state index contributed by atoms with van der Waals surface area (Å²) in [5, 5.41) is 12.2. The largest absolute Gasteiger partial charge is 0.355 e. The van der Waals surface area contributed by atoms with Crippen molar-refractivity contribution in [2.24, 2.45) is 0 Å². The molecule has 0 fully saturated rings. The second-order valence-electron chi connectivity index (χ2n) is 7.84. The fraction of sp³-hybridized carbons (Fsp3) is 0. The van der Waals surface area contributed by atoms with Gasteiger partial charge in [-0.2, -0.15) is 0 Å². The van der Waals surface area contributed by atoms with Crippen LogP contribution in [-0.4, -0.2) is 24.9 Å². The highest BCUT2D eigenvalue weighted by Gasteiger charge is 2.23. The molecule has 2 N–H and O–H groups in total. The average molecular weight is 431 g/mol. The molecule has 6 rings (SSSR count). The van der Waals surface area contributed by atoms with Gasteiger partial charge in [0, 0.05) is 11.0 Å². The summed E-state index contributed by atoms with van der Waals surface area (Å²) in [7, 11) is 0. The number of hydrogen-bond acceptors (Lipinski definition) is 4. The highest BCUT2D eigenvalue weighted by Crippen LogP contribution is 2.38. The zero-order valence-electron chi connectivity index (χ0n) is 17.3. The molecule has 0 unspecified atom stereocenters. The van der Waals surface area contributed by atoms with E-state index in [9.17, 15) is 10.1 Å². The molecule has 0 atom stereocenters. The summed E-state index contributed by atoms with van der Waals surface area (Å²) in [6, 6.07) is 20.6. The minimum absolute atomic E-state index is 0.0251. The van der Waals surface area contributed by atoms with Gasteiger partial charge in [-0.1, -0.05) is 30.3 Å². The number of H-pyrrole nitrogens is 2. The first kappa shape index (κ1) is 18.9. The van der Waals surface area contributed by atoms with E-state index in [2.05, 4.69) is 19.9 Å². The van der Waals surface area contributed by atoms with Gasteiger partial charge in [0.15, 0.2) is 0 Å². The second kappa shape index (κ2) is 7.42. The van der Waals surface area contributed by atoms with Gasteiger partial charge in [-0.25, -0.2) is 9.97 Å². The quantitative estimate of drug-likeness (QED) is 0.251. The van der Waals surface area contributed by atoms with Crippen LogP contribution in [0.25, 0.3) is 57.5 Å². The summed E-state index contributed by atoms with van der Waals surface area (Å²) < 4.78 is 0. The van der Waals surface area contributed by atoms with Crippen molar-refractivity contribution in [3.63, 3.8) is 0 Å². The Bertz CT molecular complexity index is 1640. The van der Waals surface area contributed by atoms with Gasteiger partial charge in [-0.15, -0.1) is 0 Å². The number of benzene rings is 1. The number of nitro groups is 1. The SMILES string of the molecule is O=[N+]([O-])c1c(-c2ccccc2)c2cc3nc(cc4nc(cc5ccc(cc1[nH]2)[nH]5)C=C4)C=C3. The van der Waals surface area contributed by atoms with E-state index in [-0.39, 0.29) is 10.6 Å². The molecular formula is C26H17N5O2. The lowest BCUT2D eigenvalue weighted by molar-refractivity contribution is -0.382. The summed E-state index contributed by atoms with van der Waals surface area (Å²) in [5.74, 6) is 0. The third kappa shape index (κ3) is 3.51. The zero-order valence-corrected chi connectivity index (χ0v) is 17.3. The Labute approximate surface area is 188 Å². The highest BCUT2D eigenvalue weighted by molar-refractivity contribution is 5.97. The third-order valence-electron chi connectivity index (χ3n) is 5.56. The van der Waals surface area contributed by atoms with Crippen LogP contribution in [0.4, 0.5) is 5.69 Å². The van der Waals surface area contributed by atoms with Gasteiger partial charge in [0.05, 0.1) is 38.8 Å². The van der Waals surface area contributed by atoms with Crippen LogP contribution in [0, 0.1) is 10.1 Å². The molecular weight excluding hydrogens is 414 g/mol. The fourth-order valence-corrected chi connectivity index (χ4v) is 4.15. The van der Waals surface area contributed by atoms with Crippen molar-refractivity contribution in [2.45, 2.75) is 0 Å². The Morgan fingerprint density at radius 1 is 0.667 bits per heavy atom. The monoisotopic (exact) mass is 431 g/mol. The smallest absolute Gasteiger partial charge is 0.302 e. The van der Waals surface area contributed by atoms with Crippen molar-refractivity contribution in [2.75, 3.05) is 0 Å². The molecule has 0 amide bonds. The van der Waals surface area contributed by atoms with Crippen molar-refractivity contribution in [3.8, 4) is 11.1 Å². The Balaban J connectivity index is 1.76. The molecule has 0 saturated carbocycles. The van der Waals surface area contributed by atoms with Gasteiger partial charge in [-0.3, -0.25) is 10.1 Å². The summed E-state index contributed by atoms with van der Waals surface area (Å²) in [4.78, 5) is 27.7. The van der Waals surface area contributed by atoms with E-state index >= 15 is 0 Å². The van der Waals surface area contributed by atoms with Gasteiger partial charge in [0.1, 0.15) is 5.52 Å². The van der Waals surface area contributed by atoms with E-state index in [4.69, 9.17) is 0 Å². The minimum atomic E-state index is -0.334. The van der Waals surface area contributed by atoms with Crippen LogP contribution < -0.4 is 0 Å². The van der Waals surface area contributed by atoms with Crippen LogP contribution in [0.3, 0.4) is 0 Å². The minimum Gasteiger partial charge on any atom is -0.355 e. The van der Waals surface area contributed by atoms with E-state index < -0.39 is 0 Å². The topological polar surface area (TPSA) is 100 Å². The Morgan fingerprint density at radius 3 is 1.94 bits per heavy atom. The van der Waals surface area contributed by atoms with Crippen molar-refractivity contribution >= 4 is 52.1 Å². The Kier molecular flexibility index (Phi) is 4.26. The summed E-state index contributed by atoms with van der Waals surface area (Å²) in [6.07, 6.45) is 7.69. The van der Waals surface area contributed by atoms with Gasteiger partial charge in [-0.05, 0) is 66.3 Å². The standard InChI is InChI=1S/C26H17N5O2/c32-31(33)26-24-15-22-11-9-20(29-22)13-18-7-6-17(27-18)12-19-8-10-21(28-19)14-23(30-24)25(26)16-4-2-1-3-5-16/h1-15,29-30H. The molecule has 3 aromatic heterocycles. The first-order valence-corrected chi connectivity index (χ1v) is 10.4. The maximum Gasteiger partial charge on any atom is 0.302 e. The lowest BCUT2D eigenvalue weighted by Crippen LogP contribution is -1.89. The molecule has 5 heterocycles. The van der Waals surface area contributed by atoms with Crippen molar-refractivity contribution in [1.82, 2.24) is 19.9 Å². The van der Waals surface area contributed by atoms with Crippen LogP contribution in [0.2, 0.25) is 0 Å². The summed E-state index contributed by atoms with van der Waals surface area (Å²) >= 11 is 0. The molecule has 158 valence electrons. The number of aromatic nitrogens is 4. The Hall–Kier alpha value is -4.78. The predicted molar refractivity (Wildman–Crippen MR) is 131 cm³/mol. The van der Waals surface area contributed by atoms with E-state index in [0.717, 1.165) is 33.7 Å². The van der Waals surface area contributed by atoms with Crippen LogP contribution in [-0.2, 0) is 0 Å².